The van der Waals surface area contributed by atoms with Crippen molar-refractivity contribution in [2.45, 2.75) is 27.2 Å². The molecule has 0 amide bonds. The molecule has 0 bridgehead atoms. The normalized spacial score (nSPS) is 10.4. The molecule has 0 heterocycles. The molecule has 0 aliphatic heterocycles. The average molecular weight is 175 g/mol. The predicted molar refractivity (Wildman–Crippen MR) is 29.7 cm³/mol. The fraction of sp³-hybridized carbons (Fsp3) is 0.667. The summed E-state index contributed by atoms with van der Waals surface area (Å²) in [5, 5.41) is 0. The van der Waals surface area contributed by atoms with Crippen molar-refractivity contribution in [2.75, 3.05) is 0 Å². The van der Waals surface area contributed by atoms with Gasteiger partial charge in [-0.2, -0.15) is 0 Å². The summed E-state index contributed by atoms with van der Waals surface area (Å²) < 4.78 is 0. The van der Waals surface area contributed by atoms with E-state index in [1.807, 2.05) is 0 Å². The van der Waals surface area contributed by atoms with E-state index >= 15 is 0 Å². The van der Waals surface area contributed by atoms with Gasteiger partial charge in [0.25, 0.3) is 0 Å². The van der Waals surface area contributed by atoms with Crippen LogP contribution in [0.5, 0.6) is 0 Å². The molecule has 0 rings (SSSR count). The van der Waals surface area contributed by atoms with Crippen molar-refractivity contribution in [1.82, 2.24) is 0 Å². The summed E-state index contributed by atoms with van der Waals surface area (Å²) in [7, 11) is 0. The maximum absolute atomic E-state index is 2.16. The van der Waals surface area contributed by atoms with E-state index in [0.717, 1.165) is 0 Å². The largest absolute Gasteiger partial charge is 0.0887 e. The molecule has 0 radical (unpaired) electrons. The van der Waals surface area contributed by atoms with E-state index in [0.29, 0.717) is 0 Å². The summed E-state index contributed by atoms with van der Waals surface area (Å²) in [6, 6.07) is 0. The Labute approximate surface area is 65.1 Å². The molecule has 0 saturated heterocycles. The van der Waals surface area contributed by atoms with Crippen molar-refractivity contribution in [3.05, 3.63) is 11.6 Å². The van der Waals surface area contributed by atoms with Crippen LogP contribution in [-0.4, -0.2) is 0 Å². The van der Waals surface area contributed by atoms with E-state index in [1.165, 1.54) is 12.0 Å². The van der Waals surface area contributed by atoms with Crippen molar-refractivity contribution in [3.8, 4) is 0 Å². The Morgan fingerprint density at radius 1 is 1.57 bits per heavy atom. The van der Waals surface area contributed by atoms with Gasteiger partial charge in [0, 0.05) is 26.2 Å². The van der Waals surface area contributed by atoms with Crippen molar-refractivity contribution in [2.24, 2.45) is 0 Å². The van der Waals surface area contributed by atoms with Gasteiger partial charge >= 0.3 is 0 Å². The quantitative estimate of drug-likeness (QED) is 0.537. The Balaban J connectivity index is 0. The van der Waals surface area contributed by atoms with Crippen molar-refractivity contribution in [1.29, 1.82) is 0 Å². The summed E-state index contributed by atoms with van der Waals surface area (Å²) in [5.74, 6) is 0. The maximum atomic E-state index is 2.16. The molecule has 40 valence electrons. The molecular formula is C6H12Zr. The van der Waals surface area contributed by atoms with E-state index in [1.54, 1.807) is 0 Å². The molecule has 7 heavy (non-hydrogen) atoms. The Morgan fingerprint density at radius 2 is 2.00 bits per heavy atom. The monoisotopic (exact) mass is 174 g/mol. The summed E-state index contributed by atoms with van der Waals surface area (Å²) in [5.41, 5.74) is 1.47. The van der Waals surface area contributed by atoms with Crippen LogP contribution in [0.2, 0.25) is 0 Å². The first kappa shape index (κ1) is 10.6. The molecule has 0 unspecified atom stereocenters. The van der Waals surface area contributed by atoms with Crippen LogP contribution in [0.25, 0.3) is 0 Å². The topological polar surface area (TPSA) is 0 Å². The smallest absolute Gasteiger partial charge is 0 e. The van der Waals surface area contributed by atoms with E-state index in [4.69, 9.17) is 0 Å². The van der Waals surface area contributed by atoms with Gasteiger partial charge < -0.3 is 0 Å². The zero-order chi connectivity index (χ0) is 4.99. The first-order valence-electron chi connectivity index (χ1n) is 2.43. The van der Waals surface area contributed by atoms with Crippen LogP contribution in [-0.2, 0) is 26.2 Å². The van der Waals surface area contributed by atoms with Gasteiger partial charge in [-0.15, -0.1) is 0 Å². The third kappa shape index (κ3) is 6.62. The minimum atomic E-state index is 0. The zero-order valence-electron chi connectivity index (χ0n) is 5.28. The molecular weight excluding hydrogens is 163 g/mol. The molecule has 0 N–H and O–H groups in total. The maximum Gasteiger partial charge on any atom is 0 e. The zero-order valence-corrected chi connectivity index (χ0v) is 7.74. The molecule has 0 atom stereocenters. The van der Waals surface area contributed by atoms with E-state index in [9.17, 15) is 0 Å². The number of allylic oxidation sites excluding steroid dienone is 2. The summed E-state index contributed by atoms with van der Waals surface area (Å²) >= 11 is 0. The Bertz CT molecular complexity index is 55.2. The van der Waals surface area contributed by atoms with Gasteiger partial charge in [0.2, 0.25) is 0 Å². The molecule has 0 aromatic rings. The third-order valence-corrected chi connectivity index (χ3v) is 1.05. The van der Waals surface area contributed by atoms with Gasteiger partial charge in [0.05, 0.1) is 0 Å². The number of hydrogen-bond donors (Lipinski definition) is 0. The molecule has 0 aromatic heterocycles. The second kappa shape index (κ2) is 6.62. The third-order valence-electron chi connectivity index (χ3n) is 1.05. The SMILES string of the molecule is CC=C(C)CC.[Zr]. The summed E-state index contributed by atoms with van der Waals surface area (Å²) in [6.45, 7) is 6.37. The molecule has 0 nitrogen and oxygen atoms in total. The van der Waals surface area contributed by atoms with Crippen LogP contribution in [0.1, 0.15) is 27.2 Å². The van der Waals surface area contributed by atoms with E-state index in [2.05, 4.69) is 26.8 Å². The second-order valence-electron chi connectivity index (χ2n) is 1.49. The molecule has 0 spiro atoms. The fourth-order valence-electron chi connectivity index (χ4n) is 0.204. The number of rotatable bonds is 1. The molecule has 0 saturated carbocycles. The van der Waals surface area contributed by atoms with Crippen molar-refractivity contribution in [3.63, 3.8) is 0 Å². The standard InChI is InChI=1S/C6H12.Zr/c1-4-6(3)5-2;/h4H,5H2,1-3H3;. The van der Waals surface area contributed by atoms with Gasteiger partial charge in [-0.3, -0.25) is 0 Å². The van der Waals surface area contributed by atoms with Gasteiger partial charge in [0.1, 0.15) is 0 Å². The van der Waals surface area contributed by atoms with Crippen LogP contribution in [0.15, 0.2) is 11.6 Å². The van der Waals surface area contributed by atoms with E-state index < -0.39 is 0 Å². The molecule has 0 aliphatic carbocycles. The molecule has 0 fully saturated rings. The molecule has 1 heteroatoms. The predicted octanol–water partition coefficient (Wildman–Crippen LogP) is 2.36. The van der Waals surface area contributed by atoms with Crippen LogP contribution in [0, 0.1) is 0 Å². The Hall–Kier alpha value is 0.623. The van der Waals surface area contributed by atoms with Crippen LogP contribution >= 0.6 is 0 Å². The average Bonchev–Trinajstić information content (AvgIpc) is 1.65. The van der Waals surface area contributed by atoms with Crippen molar-refractivity contribution >= 4 is 0 Å². The Morgan fingerprint density at radius 3 is 2.00 bits per heavy atom. The van der Waals surface area contributed by atoms with Gasteiger partial charge in [-0.25, -0.2) is 0 Å². The fourth-order valence-corrected chi connectivity index (χ4v) is 0.204. The van der Waals surface area contributed by atoms with Crippen molar-refractivity contribution < 1.29 is 26.2 Å². The number of hydrogen-bond acceptors (Lipinski definition) is 0. The molecule has 0 aliphatic rings. The molecule has 0 aromatic carbocycles. The first-order valence-corrected chi connectivity index (χ1v) is 2.43. The first-order chi connectivity index (χ1) is 2.81. The minimum Gasteiger partial charge on any atom is -0.0887 e. The van der Waals surface area contributed by atoms with Gasteiger partial charge in [-0.05, 0) is 20.3 Å². The summed E-state index contributed by atoms with van der Waals surface area (Å²) in [4.78, 5) is 0. The van der Waals surface area contributed by atoms with Crippen LogP contribution in [0.3, 0.4) is 0 Å². The second-order valence-corrected chi connectivity index (χ2v) is 1.49. The Kier molecular flexibility index (Phi) is 10.0. The van der Waals surface area contributed by atoms with E-state index in [-0.39, 0.29) is 26.2 Å². The minimum absolute atomic E-state index is 0. The van der Waals surface area contributed by atoms with Gasteiger partial charge in [-0.1, -0.05) is 18.6 Å². The van der Waals surface area contributed by atoms with Crippen LogP contribution in [0.4, 0.5) is 0 Å². The van der Waals surface area contributed by atoms with Crippen LogP contribution < -0.4 is 0 Å². The van der Waals surface area contributed by atoms with Gasteiger partial charge in [0.15, 0.2) is 0 Å². The summed E-state index contributed by atoms with van der Waals surface area (Å²) in [6.07, 6.45) is 3.33.